The van der Waals surface area contributed by atoms with E-state index in [1.807, 2.05) is 36.4 Å². The molecule has 2 aliphatic heterocycles. The first-order valence-electron chi connectivity index (χ1n) is 10.9. The van der Waals surface area contributed by atoms with Crippen LogP contribution in [0.3, 0.4) is 0 Å². The van der Waals surface area contributed by atoms with Gasteiger partial charge in [-0.2, -0.15) is 0 Å². The van der Waals surface area contributed by atoms with E-state index in [1.165, 1.54) is 4.90 Å². The predicted molar refractivity (Wildman–Crippen MR) is 119 cm³/mol. The topological polar surface area (TPSA) is 142 Å². The van der Waals surface area contributed by atoms with Crippen molar-refractivity contribution >= 4 is 23.5 Å². The number of carboxylic acid groups (broad SMARTS) is 2. The Hall–Kier alpha value is -3.43. The van der Waals surface area contributed by atoms with Gasteiger partial charge in [-0.25, -0.2) is 4.79 Å². The average Bonchev–Trinajstić information content (AvgIpc) is 2.92. The molecule has 4 rings (SSSR count). The Morgan fingerprint density at radius 1 is 1.12 bits per heavy atom. The molecule has 174 valence electrons. The number of aliphatic carboxylic acids is 2. The van der Waals surface area contributed by atoms with Gasteiger partial charge in [0.25, 0.3) is 0 Å². The Morgan fingerprint density at radius 3 is 2.58 bits per heavy atom. The van der Waals surface area contributed by atoms with Crippen LogP contribution in [0.15, 0.2) is 48.5 Å². The minimum Gasteiger partial charge on any atom is -0.480 e. The Labute approximate surface area is 191 Å². The van der Waals surface area contributed by atoms with E-state index < -0.39 is 42.0 Å². The predicted octanol–water partition coefficient (Wildman–Crippen LogP) is 1.22. The number of carboxylic acids is 2. The quantitative estimate of drug-likeness (QED) is 0.459. The van der Waals surface area contributed by atoms with E-state index in [0.717, 1.165) is 11.1 Å². The van der Waals surface area contributed by atoms with Crippen LogP contribution in [0.25, 0.3) is 0 Å². The van der Waals surface area contributed by atoms with Gasteiger partial charge >= 0.3 is 11.9 Å². The Kier molecular flexibility index (Phi) is 6.62. The summed E-state index contributed by atoms with van der Waals surface area (Å²) >= 11 is 0. The first-order chi connectivity index (χ1) is 15.9. The number of carbonyl (C=O) groups is 3. The van der Waals surface area contributed by atoms with E-state index in [1.54, 1.807) is 12.1 Å². The van der Waals surface area contributed by atoms with Crippen LogP contribution in [0.5, 0.6) is 0 Å². The van der Waals surface area contributed by atoms with Crippen molar-refractivity contribution in [3.05, 3.63) is 65.2 Å². The lowest BCUT2D eigenvalue weighted by molar-refractivity contribution is -0.165. The van der Waals surface area contributed by atoms with E-state index in [2.05, 4.69) is 5.32 Å². The lowest BCUT2D eigenvalue weighted by Gasteiger charge is -2.40. The average molecular weight is 453 g/mol. The van der Waals surface area contributed by atoms with E-state index in [9.17, 15) is 24.6 Å². The van der Waals surface area contributed by atoms with Gasteiger partial charge in [0.15, 0.2) is 6.04 Å². The monoisotopic (exact) mass is 453 g/mol. The van der Waals surface area contributed by atoms with Gasteiger partial charge in [0.05, 0.1) is 25.3 Å². The maximum absolute atomic E-state index is 13.6. The van der Waals surface area contributed by atoms with Crippen molar-refractivity contribution in [2.24, 2.45) is 0 Å². The zero-order chi connectivity index (χ0) is 23.5. The van der Waals surface area contributed by atoms with Crippen molar-refractivity contribution in [3.8, 4) is 0 Å². The fourth-order valence-electron chi connectivity index (χ4n) is 4.66. The molecule has 9 nitrogen and oxygen atoms in total. The van der Waals surface area contributed by atoms with Gasteiger partial charge in [0.1, 0.15) is 6.04 Å². The van der Waals surface area contributed by atoms with Crippen LogP contribution < -0.4 is 11.1 Å². The lowest BCUT2D eigenvalue weighted by Crippen LogP contribution is -2.59. The number of carbonyl (C=O) groups excluding carboxylic acids is 1. The van der Waals surface area contributed by atoms with Crippen molar-refractivity contribution in [1.82, 2.24) is 10.2 Å². The molecule has 1 fully saturated rings. The molecule has 0 unspecified atom stereocenters. The summed E-state index contributed by atoms with van der Waals surface area (Å²) in [5.41, 5.74) is 9.13. The summed E-state index contributed by atoms with van der Waals surface area (Å²) in [6, 6.07) is 11.1. The van der Waals surface area contributed by atoms with E-state index in [0.29, 0.717) is 17.7 Å². The number of fused-ring (bicyclic) bond motifs is 3. The summed E-state index contributed by atoms with van der Waals surface area (Å²) in [4.78, 5) is 38.9. The third kappa shape index (κ3) is 4.69. The van der Waals surface area contributed by atoms with Crippen LogP contribution in [0.4, 0.5) is 5.69 Å². The number of nitrogens with two attached hydrogens (primary N) is 1. The molecule has 0 aliphatic carbocycles. The fourth-order valence-corrected chi connectivity index (χ4v) is 4.66. The second-order valence-corrected chi connectivity index (χ2v) is 8.41. The third-order valence-corrected chi connectivity index (χ3v) is 6.34. The highest BCUT2D eigenvalue weighted by Crippen LogP contribution is 2.36. The number of benzene rings is 2. The summed E-state index contributed by atoms with van der Waals surface area (Å²) in [5, 5.41) is 22.6. The molecule has 0 spiro atoms. The molecule has 2 aliphatic rings. The minimum absolute atomic E-state index is 0.127. The van der Waals surface area contributed by atoms with Gasteiger partial charge in [-0.05, 0) is 42.0 Å². The van der Waals surface area contributed by atoms with Gasteiger partial charge in [-0.1, -0.05) is 42.5 Å². The van der Waals surface area contributed by atoms with E-state index >= 15 is 0 Å². The number of hydrogen-bond donors (Lipinski definition) is 4. The normalized spacial score (nSPS) is 23.2. The van der Waals surface area contributed by atoms with Crippen molar-refractivity contribution in [2.75, 3.05) is 18.9 Å². The number of nitrogen functional groups attached to an aromatic ring is 1. The Balaban J connectivity index is 1.65. The second-order valence-electron chi connectivity index (χ2n) is 8.41. The zero-order valence-electron chi connectivity index (χ0n) is 18.0. The van der Waals surface area contributed by atoms with Gasteiger partial charge in [-0.3, -0.25) is 14.9 Å². The number of rotatable bonds is 7. The summed E-state index contributed by atoms with van der Waals surface area (Å²) < 4.78 is 5.53. The molecule has 2 aromatic carbocycles. The Morgan fingerprint density at radius 2 is 1.88 bits per heavy atom. The highest BCUT2D eigenvalue weighted by atomic mass is 16.5. The lowest BCUT2D eigenvalue weighted by atomic mass is 9.95. The zero-order valence-corrected chi connectivity index (χ0v) is 18.0. The number of anilines is 1. The smallest absolute Gasteiger partial charge is 0.328 e. The van der Waals surface area contributed by atoms with Crippen LogP contribution in [-0.4, -0.2) is 64.3 Å². The highest BCUT2D eigenvalue weighted by Gasteiger charge is 2.45. The van der Waals surface area contributed by atoms with Crippen LogP contribution in [-0.2, 0) is 32.0 Å². The first-order valence-corrected chi connectivity index (χ1v) is 10.9. The number of ether oxygens (including phenoxy) is 1. The molecule has 0 aromatic heterocycles. The maximum Gasteiger partial charge on any atom is 0.328 e. The molecule has 2 aromatic rings. The minimum atomic E-state index is -1.17. The van der Waals surface area contributed by atoms with Gasteiger partial charge in [-0.15, -0.1) is 0 Å². The molecule has 33 heavy (non-hydrogen) atoms. The summed E-state index contributed by atoms with van der Waals surface area (Å²) in [7, 11) is 0. The number of amides is 1. The summed E-state index contributed by atoms with van der Waals surface area (Å²) in [6.07, 6.45) is 0.951. The van der Waals surface area contributed by atoms with Crippen molar-refractivity contribution < 1.29 is 29.3 Å². The third-order valence-electron chi connectivity index (χ3n) is 6.34. The molecule has 1 saturated heterocycles. The number of morpholine rings is 1. The molecule has 0 bridgehead atoms. The molecule has 4 atom stereocenters. The molecular formula is C24H27N3O6. The largest absolute Gasteiger partial charge is 0.480 e. The van der Waals surface area contributed by atoms with E-state index in [-0.39, 0.29) is 26.1 Å². The van der Waals surface area contributed by atoms with Crippen LogP contribution in [0.1, 0.15) is 29.2 Å². The van der Waals surface area contributed by atoms with Crippen molar-refractivity contribution in [3.63, 3.8) is 0 Å². The molecular weight excluding hydrogens is 426 g/mol. The molecule has 0 radical (unpaired) electrons. The second kappa shape index (κ2) is 9.60. The maximum atomic E-state index is 13.6. The Bertz CT molecular complexity index is 1040. The summed E-state index contributed by atoms with van der Waals surface area (Å²) in [6.45, 7) is 0.0212. The molecule has 1 amide bonds. The van der Waals surface area contributed by atoms with Crippen LogP contribution in [0, 0.1) is 0 Å². The fraction of sp³-hybridized carbons (Fsp3) is 0.375. The van der Waals surface area contributed by atoms with Gasteiger partial charge < -0.3 is 25.6 Å². The molecule has 9 heteroatoms. The molecule has 5 N–H and O–H groups in total. The van der Waals surface area contributed by atoms with Crippen LogP contribution in [0.2, 0.25) is 0 Å². The standard InChI is InChI=1S/C24H27N3O6/c25-17-8-4-7-15-16(17)11-19(22(28)27-20(15)12-33-13-21(27)24(31)32)26-18(23(29)30)10-9-14-5-2-1-3-6-14/h1-8,18-21,26H,9-13,25H2,(H,29,30)(H,31,32)/t18-,19-,20+,21-/m0/s1. The number of aryl methyl sites for hydroxylation is 1. The van der Waals surface area contributed by atoms with Crippen molar-refractivity contribution in [1.29, 1.82) is 0 Å². The SMILES string of the molecule is Nc1cccc2c1C[C@H](N[C@@H](CCc1ccccc1)C(=O)O)C(=O)N1[C@@H]2COC[C@H]1C(=O)O. The highest BCUT2D eigenvalue weighted by molar-refractivity contribution is 5.89. The van der Waals surface area contributed by atoms with E-state index in [4.69, 9.17) is 10.5 Å². The number of nitrogens with one attached hydrogen (secondary N) is 1. The number of hydrogen-bond acceptors (Lipinski definition) is 6. The summed E-state index contributed by atoms with van der Waals surface area (Å²) in [5.74, 6) is -2.70. The van der Waals surface area contributed by atoms with Gasteiger partial charge in [0.2, 0.25) is 5.91 Å². The van der Waals surface area contributed by atoms with Gasteiger partial charge in [0, 0.05) is 5.69 Å². The van der Waals surface area contributed by atoms with Crippen LogP contribution >= 0.6 is 0 Å². The first kappa shape index (κ1) is 22.8. The molecule has 2 heterocycles. The molecule has 0 saturated carbocycles. The number of nitrogens with zero attached hydrogens (tertiary/aromatic N) is 1. The van der Waals surface area contributed by atoms with Crippen molar-refractivity contribution in [2.45, 2.75) is 43.4 Å².